The van der Waals surface area contributed by atoms with Crippen molar-refractivity contribution < 1.29 is 0 Å². The standard InChI is InChI=1S/C23H20N2/c1-17-8-6-10-19(14-17)22-16-23(20-11-7-9-18(2)15-20)25(24-22)21-12-4-3-5-13-21/h3-16H,1-2H3. The van der Waals surface area contributed by atoms with Gasteiger partial charge in [0.2, 0.25) is 0 Å². The Balaban J connectivity index is 1.92. The molecule has 25 heavy (non-hydrogen) atoms. The van der Waals surface area contributed by atoms with Crippen molar-refractivity contribution in [1.82, 2.24) is 9.78 Å². The van der Waals surface area contributed by atoms with Crippen molar-refractivity contribution in [3.8, 4) is 28.2 Å². The third-order valence-corrected chi connectivity index (χ3v) is 4.34. The number of para-hydroxylation sites is 1. The van der Waals surface area contributed by atoms with E-state index in [4.69, 9.17) is 5.10 Å². The lowest BCUT2D eigenvalue weighted by atomic mass is 10.1. The molecule has 0 saturated heterocycles. The molecule has 0 amide bonds. The Bertz CT molecular complexity index is 1010. The minimum atomic E-state index is 0.990. The van der Waals surface area contributed by atoms with Gasteiger partial charge < -0.3 is 0 Å². The van der Waals surface area contributed by atoms with Crippen LogP contribution in [0.2, 0.25) is 0 Å². The van der Waals surface area contributed by atoms with Gasteiger partial charge in [0.15, 0.2) is 0 Å². The number of nitrogens with zero attached hydrogens (tertiary/aromatic N) is 2. The fourth-order valence-electron chi connectivity index (χ4n) is 3.10. The Morgan fingerprint density at radius 1 is 0.640 bits per heavy atom. The average molecular weight is 324 g/mol. The number of benzene rings is 3. The molecule has 3 aromatic carbocycles. The van der Waals surface area contributed by atoms with Crippen molar-refractivity contribution in [2.24, 2.45) is 0 Å². The molecule has 0 N–H and O–H groups in total. The summed E-state index contributed by atoms with van der Waals surface area (Å²) < 4.78 is 2.03. The molecule has 0 fully saturated rings. The summed E-state index contributed by atoms with van der Waals surface area (Å²) in [5, 5.41) is 4.91. The van der Waals surface area contributed by atoms with Gasteiger partial charge in [0.25, 0.3) is 0 Å². The normalized spacial score (nSPS) is 10.8. The number of rotatable bonds is 3. The van der Waals surface area contributed by atoms with Gasteiger partial charge in [-0.1, -0.05) is 65.7 Å². The van der Waals surface area contributed by atoms with E-state index in [2.05, 4.69) is 80.6 Å². The summed E-state index contributed by atoms with van der Waals surface area (Å²) in [5.41, 5.74) is 7.96. The van der Waals surface area contributed by atoms with Crippen molar-refractivity contribution in [3.05, 3.63) is 96.1 Å². The molecular formula is C23H20N2. The highest BCUT2D eigenvalue weighted by atomic mass is 15.3. The molecule has 4 aromatic rings. The van der Waals surface area contributed by atoms with Gasteiger partial charge in [-0.2, -0.15) is 5.10 Å². The second-order valence-corrected chi connectivity index (χ2v) is 6.40. The van der Waals surface area contributed by atoms with Crippen molar-refractivity contribution in [1.29, 1.82) is 0 Å². The van der Waals surface area contributed by atoms with Crippen LogP contribution in [-0.2, 0) is 0 Å². The molecule has 0 aliphatic heterocycles. The summed E-state index contributed by atoms with van der Waals surface area (Å²) in [6, 6.07) is 29.5. The molecule has 122 valence electrons. The molecular weight excluding hydrogens is 304 g/mol. The van der Waals surface area contributed by atoms with Crippen LogP contribution in [0.3, 0.4) is 0 Å². The van der Waals surface area contributed by atoms with E-state index < -0.39 is 0 Å². The van der Waals surface area contributed by atoms with E-state index in [1.807, 2.05) is 22.9 Å². The largest absolute Gasteiger partial charge is 0.232 e. The summed E-state index contributed by atoms with van der Waals surface area (Å²) in [6.07, 6.45) is 0. The maximum Gasteiger partial charge on any atom is 0.0934 e. The van der Waals surface area contributed by atoms with E-state index in [1.165, 1.54) is 16.7 Å². The molecule has 0 spiro atoms. The van der Waals surface area contributed by atoms with E-state index >= 15 is 0 Å². The Kier molecular flexibility index (Phi) is 3.95. The quantitative estimate of drug-likeness (QED) is 0.464. The van der Waals surface area contributed by atoms with E-state index in [0.717, 1.165) is 22.6 Å². The fraction of sp³-hybridized carbons (Fsp3) is 0.0870. The van der Waals surface area contributed by atoms with Crippen molar-refractivity contribution >= 4 is 0 Å². The molecule has 2 heteroatoms. The van der Waals surface area contributed by atoms with Crippen LogP contribution < -0.4 is 0 Å². The van der Waals surface area contributed by atoms with Crippen molar-refractivity contribution in [2.75, 3.05) is 0 Å². The molecule has 2 nitrogen and oxygen atoms in total. The van der Waals surface area contributed by atoms with Crippen LogP contribution in [0.1, 0.15) is 11.1 Å². The summed E-state index contributed by atoms with van der Waals surface area (Å²) >= 11 is 0. The topological polar surface area (TPSA) is 17.8 Å². The van der Waals surface area contributed by atoms with Gasteiger partial charge in [0.05, 0.1) is 17.1 Å². The first-order chi connectivity index (χ1) is 12.2. The van der Waals surface area contributed by atoms with Crippen LogP contribution in [-0.4, -0.2) is 9.78 Å². The fourth-order valence-corrected chi connectivity index (χ4v) is 3.10. The second kappa shape index (κ2) is 6.40. The van der Waals surface area contributed by atoms with Gasteiger partial charge in [-0.25, -0.2) is 4.68 Å². The molecule has 1 heterocycles. The maximum atomic E-state index is 4.91. The van der Waals surface area contributed by atoms with E-state index in [-0.39, 0.29) is 0 Å². The SMILES string of the molecule is Cc1cccc(-c2cc(-c3cccc(C)c3)n(-c3ccccc3)n2)c1. The number of aryl methyl sites for hydroxylation is 2. The number of hydrogen-bond acceptors (Lipinski definition) is 1. The van der Waals surface area contributed by atoms with Gasteiger partial charge in [-0.05, 0) is 44.2 Å². The van der Waals surface area contributed by atoms with Gasteiger partial charge in [0, 0.05) is 11.1 Å². The summed E-state index contributed by atoms with van der Waals surface area (Å²) in [4.78, 5) is 0. The molecule has 1 aromatic heterocycles. The smallest absolute Gasteiger partial charge is 0.0934 e. The van der Waals surface area contributed by atoms with Crippen LogP contribution in [0.15, 0.2) is 84.9 Å². The average Bonchev–Trinajstić information content (AvgIpc) is 3.08. The molecule has 0 atom stereocenters. The number of aromatic nitrogens is 2. The van der Waals surface area contributed by atoms with Crippen LogP contribution in [0.25, 0.3) is 28.2 Å². The molecule has 0 bridgehead atoms. The maximum absolute atomic E-state index is 4.91. The van der Waals surface area contributed by atoms with Crippen molar-refractivity contribution in [3.63, 3.8) is 0 Å². The summed E-state index contributed by atoms with van der Waals surface area (Å²) in [6.45, 7) is 4.23. The highest BCUT2D eigenvalue weighted by Gasteiger charge is 2.13. The first-order valence-corrected chi connectivity index (χ1v) is 8.50. The Labute approximate surface area is 148 Å². The van der Waals surface area contributed by atoms with Crippen LogP contribution in [0.5, 0.6) is 0 Å². The van der Waals surface area contributed by atoms with Gasteiger partial charge in [-0.3, -0.25) is 0 Å². The van der Waals surface area contributed by atoms with Gasteiger partial charge >= 0.3 is 0 Å². The predicted octanol–water partition coefficient (Wildman–Crippen LogP) is 5.82. The van der Waals surface area contributed by atoms with Crippen molar-refractivity contribution in [2.45, 2.75) is 13.8 Å². The molecule has 0 saturated carbocycles. The third-order valence-electron chi connectivity index (χ3n) is 4.34. The Morgan fingerprint density at radius 2 is 1.28 bits per heavy atom. The number of hydrogen-bond donors (Lipinski definition) is 0. The van der Waals surface area contributed by atoms with E-state index in [1.54, 1.807) is 0 Å². The predicted molar refractivity (Wildman–Crippen MR) is 104 cm³/mol. The summed E-state index contributed by atoms with van der Waals surface area (Å²) in [7, 11) is 0. The molecule has 0 aliphatic rings. The first kappa shape index (κ1) is 15.4. The first-order valence-electron chi connectivity index (χ1n) is 8.50. The lowest BCUT2D eigenvalue weighted by molar-refractivity contribution is 0.892. The molecule has 4 rings (SSSR count). The zero-order valence-corrected chi connectivity index (χ0v) is 14.5. The van der Waals surface area contributed by atoms with Gasteiger partial charge in [-0.15, -0.1) is 0 Å². The zero-order chi connectivity index (χ0) is 17.2. The van der Waals surface area contributed by atoms with Crippen LogP contribution in [0, 0.1) is 13.8 Å². The second-order valence-electron chi connectivity index (χ2n) is 6.40. The Morgan fingerprint density at radius 3 is 1.96 bits per heavy atom. The van der Waals surface area contributed by atoms with E-state index in [0.29, 0.717) is 0 Å². The highest BCUT2D eigenvalue weighted by molar-refractivity contribution is 5.71. The third kappa shape index (κ3) is 3.11. The van der Waals surface area contributed by atoms with E-state index in [9.17, 15) is 0 Å². The zero-order valence-electron chi connectivity index (χ0n) is 14.5. The minimum absolute atomic E-state index is 0.990. The lowest BCUT2D eigenvalue weighted by Crippen LogP contribution is -1.99. The lowest BCUT2D eigenvalue weighted by Gasteiger charge is -2.08. The monoisotopic (exact) mass is 324 g/mol. The van der Waals surface area contributed by atoms with Crippen LogP contribution in [0.4, 0.5) is 0 Å². The van der Waals surface area contributed by atoms with Gasteiger partial charge in [0.1, 0.15) is 0 Å². The molecule has 0 radical (unpaired) electrons. The minimum Gasteiger partial charge on any atom is -0.232 e. The molecule has 0 unspecified atom stereocenters. The highest BCUT2D eigenvalue weighted by Crippen LogP contribution is 2.29. The van der Waals surface area contributed by atoms with Crippen LogP contribution >= 0.6 is 0 Å². The Hall–Kier alpha value is -3.13. The summed E-state index contributed by atoms with van der Waals surface area (Å²) in [5.74, 6) is 0. The molecule has 0 aliphatic carbocycles.